The van der Waals surface area contributed by atoms with Crippen LogP contribution in [-0.4, -0.2) is 9.13 Å². The molecule has 280 valence electrons. The molecule has 0 aliphatic rings. The molecule has 3 nitrogen and oxygen atoms in total. The molecular weight excluding hydrogens is 776 g/mol. The van der Waals surface area contributed by atoms with Crippen LogP contribution in [0.1, 0.15) is 16.7 Å². The van der Waals surface area contributed by atoms with Gasteiger partial charge in [0.1, 0.15) is 6.07 Å². The third-order valence-electron chi connectivity index (χ3n) is 11.9. The quantitative estimate of drug-likeness (QED) is 0.175. The summed E-state index contributed by atoms with van der Waals surface area (Å²) in [6, 6.07) is 51.8. The number of para-hydroxylation sites is 2. The van der Waals surface area contributed by atoms with Crippen LogP contribution in [0.3, 0.4) is 0 Å². The Bertz CT molecular complexity index is 3810. The summed E-state index contributed by atoms with van der Waals surface area (Å²) < 4.78 is 54.7. The first-order valence-electron chi connectivity index (χ1n) is 19.2. The molecule has 8 heteroatoms. The number of nitriles is 1. The smallest absolute Gasteiger partial charge is 0.307 e. The Morgan fingerprint density at radius 3 is 1.54 bits per heavy atom. The number of halogens is 3. The van der Waals surface area contributed by atoms with Crippen molar-refractivity contribution in [1.29, 1.82) is 5.26 Å². The number of alkyl halides is 3. The topological polar surface area (TPSA) is 33.6 Å². The van der Waals surface area contributed by atoms with Gasteiger partial charge >= 0.3 is 6.18 Å². The minimum Gasteiger partial charge on any atom is -0.307 e. The second-order valence-corrected chi connectivity index (χ2v) is 17.2. The van der Waals surface area contributed by atoms with Gasteiger partial charge in [-0.05, 0) is 60.5 Å². The van der Waals surface area contributed by atoms with Crippen molar-refractivity contribution in [2.24, 2.45) is 0 Å². The van der Waals surface area contributed by atoms with Gasteiger partial charge in [-0.2, -0.15) is 18.4 Å². The lowest BCUT2D eigenvalue weighted by Gasteiger charge is -2.22. The SMILES string of the molecule is Cc1cccc(C(F)(F)F)c1-c1cc(-n2c3ccccc3c3ccc4c5ccccc5sc4c32)c(C#N)cc1-n1c2ccccc2c2ccc3c4ccccc4sc3c21. The zero-order valence-corrected chi connectivity index (χ0v) is 32.9. The van der Waals surface area contributed by atoms with Gasteiger partial charge in [-0.25, -0.2) is 0 Å². The number of benzene rings is 8. The summed E-state index contributed by atoms with van der Waals surface area (Å²) in [5.41, 5.74) is 5.14. The predicted octanol–water partition coefficient (Wildman–Crippen LogP) is 15.5. The molecule has 59 heavy (non-hydrogen) atoms. The molecule has 12 rings (SSSR count). The molecule has 0 spiro atoms. The Morgan fingerprint density at radius 1 is 0.508 bits per heavy atom. The maximum absolute atomic E-state index is 15.4. The van der Waals surface area contributed by atoms with Crippen molar-refractivity contribution in [2.75, 3.05) is 0 Å². The lowest BCUT2D eigenvalue weighted by Crippen LogP contribution is -2.10. The molecule has 0 saturated carbocycles. The molecule has 0 aliphatic carbocycles. The van der Waals surface area contributed by atoms with Gasteiger partial charge in [0.2, 0.25) is 0 Å². The van der Waals surface area contributed by atoms with Gasteiger partial charge in [0, 0.05) is 58.1 Å². The number of rotatable bonds is 3. The number of hydrogen-bond acceptors (Lipinski definition) is 3. The molecule has 0 fully saturated rings. The van der Waals surface area contributed by atoms with E-state index in [-0.39, 0.29) is 5.56 Å². The average Bonchev–Trinajstić information content (AvgIpc) is 4.00. The van der Waals surface area contributed by atoms with Crippen LogP contribution in [0.15, 0.2) is 152 Å². The van der Waals surface area contributed by atoms with Crippen molar-refractivity contribution in [3.05, 3.63) is 168 Å². The van der Waals surface area contributed by atoms with E-state index in [1.807, 2.05) is 72.8 Å². The van der Waals surface area contributed by atoms with Crippen LogP contribution in [0.5, 0.6) is 0 Å². The number of aromatic nitrogens is 2. The van der Waals surface area contributed by atoms with Crippen molar-refractivity contribution in [3.63, 3.8) is 0 Å². The molecule has 0 saturated heterocycles. The second-order valence-electron chi connectivity index (χ2n) is 15.1. The van der Waals surface area contributed by atoms with Crippen LogP contribution in [-0.2, 0) is 6.18 Å². The highest BCUT2D eigenvalue weighted by molar-refractivity contribution is 7.27. The summed E-state index contributed by atoms with van der Waals surface area (Å²) in [6.07, 6.45) is -4.65. The van der Waals surface area contributed by atoms with Crippen LogP contribution < -0.4 is 0 Å². The maximum atomic E-state index is 15.4. The third kappa shape index (κ3) is 4.74. The van der Waals surface area contributed by atoms with E-state index in [9.17, 15) is 5.26 Å². The molecule has 0 aliphatic heterocycles. The van der Waals surface area contributed by atoms with Gasteiger partial charge in [0.05, 0.1) is 54.0 Å². The second kappa shape index (κ2) is 12.3. The molecule has 4 heterocycles. The van der Waals surface area contributed by atoms with E-state index in [0.29, 0.717) is 28.1 Å². The number of thiophene rings is 2. The Morgan fingerprint density at radius 2 is 1.00 bits per heavy atom. The molecule has 0 amide bonds. The van der Waals surface area contributed by atoms with Gasteiger partial charge in [0.25, 0.3) is 0 Å². The summed E-state index contributed by atoms with van der Waals surface area (Å²) in [5.74, 6) is 0. The summed E-state index contributed by atoms with van der Waals surface area (Å²) in [5, 5.41) is 19.7. The van der Waals surface area contributed by atoms with Crippen molar-refractivity contribution >= 4 is 107 Å². The van der Waals surface area contributed by atoms with Crippen LogP contribution in [0.25, 0.3) is 106 Å². The van der Waals surface area contributed by atoms with Gasteiger partial charge < -0.3 is 9.13 Å². The minimum atomic E-state index is -4.65. The van der Waals surface area contributed by atoms with Crippen molar-refractivity contribution < 1.29 is 13.2 Å². The normalized spacial score (nSPS) is 12.4. The van der Waals surface area contributed by atoms with Crippen LogP contribution in [0.2, 0.25) is 0 Å². The summed E-state index contributed by atoms with van der Waals surface area (Å²) in [7, 11) is 0. The van der Waals surface area contributed by atoms with E-state index in [2.05, 4.69) is 75.9 Å². The molecular formula is C51H28F3N3S2. The summed E-state index contributed by atoms with van der Waals surface area (Å²) in [6.45, 7) is 1.74. The average molecular weight is 804 g/mol. The molecule has 4 aromatic heterocycles. The van der Waals surface area contributed by atoms with Gasteiger partial charge in [0.15, 0.2) is 0 Å². The number of nitrogens with zero attached hydrogens (tertiary/aromatic N) is 3. The lowest BCUT2D eigenvalue weighted by molar-refractivity contribution is -0.137. The zero-order chi connectivity index (χ0) is 39.7. The largest absolute Gasteiger partial charge is 0.417 e. The van der Waals surface area contributed by atoms with Gasteiger partial charge in [-0.3, -0.25) is 0 Å². The monoisotopic (exact) mass is 803 g/mol. The van der Waals surface area contributed by atoms with E-state index < -0.39 is 11.7 Å². The van der Waals surface area contributed by atoms with E-state index in [1.165, 1.54) is 12.1 Å². The van der Waals surface area contributed by atoms with E-state index in [1.54, 1.807) is 35.7 Å². The van der Waals surface area contributed by atoms with Crippen molar-refractivity contribution in [2.45, 2.75) is 13.1 Å². The van der Waals surface area contributed by atoms with Gasteiger partial charge in [-0.15, -0.1) is 22.7 Å². The fourth-order valence-corrected chi connectivity index (χ4v) is 11.9. The molecule has 0 bridgehead atoms. The number of fused-ring (bicyclic) bond motifs is 14. The van der Waals surface area contributed by atoms with E-state index in [0.717, 1.165) is 84.0 Å². The first-order valence-corrected chi connectivity index (χ1v) is 20.9. The molecule has 0 unspecified atom stereocenters. The summed E-state index contributed by atoms with van der Waals surface area (Å²) >= 11 is 3.36. The van der Waals surface area contributed by atoms with E-state index in [4.69, 9.17) is 0 Å². The van der Waals surface area contributed by atoms with Crippen LogP contribution in [0, 0.1) is 18.3 Å². The fraction of sp³-hybridized carbons (Fsp3) is 0.0392. The summed E-state index contributed by atoms with van der Waals surface area (Å²) in [4.78, 5) is 0. The first kappa shape index (κ1) is 34.1. The highest BCUT2D eigenvalue weighted by Gasteiger charge is 2.36. The highest BCUT2D eigenvalue weighted by atomic mass is 32.1. The van der Waals surface area contributed by atoms with Gasteiger partial charge in [-0.1, -0.05) is 109 Å². The molecule has 0 atom stereocenters. The molecule has 12 aromatic rings. The zero-order valence-electron chi connectivity index (χ0n) is 31.2. The Balaban J connectivity index is 1.29. The number of aryl methyl sites for hydroxylation is 1. The minimum absolute atomic E-state index is 0.0861. The molecule has 0 radical (unpaired) electrons. The predicted molar refractivity (Wildman–Crippen MR) is 241 cm³/mol. The van der Waals surface area contributed by atoms with Crippen molar-refractivity contribution in [3.8, 4) is 28.6 Å². The maximum Gasteiger partial charge on any atom is 0.417 e. The fourth-order valence-electron chi connectivity index (χ4n) is 9.46. The standard InChI is InChI=1S/C51H28F3N3S2/c1-28-11-10-16-39(51(52,53)54)46(28)38-26-42(56-40-17-6-2-12-30(40)34-21-23-36-32-14-4-8-19-44(32)58-49(36)47(34)56)29(27-55)25-43(38)57-41-18-7-3-13-31(41)35-22-24-37-33-15-5-9-20-45(33)59-50(37)48(35)57/h2-26H,1H3. The Hall–Kier alpha value is -6.92. The highest BCUT2D eigenvalue weighted by Crippen LogP contribution is 2.49. The Labute approximate surface area is 342 Å². The Kier molecular flexibility index (Phi) is 7.12. The number of hydrogen-bond donors (Lipinski definition) is 0. The van der Waals surface area contributed by atoms with Crippen LogP contribution in [0.4, 0.5) is 13.2 Å². The lowest BCUT2D eigenvalue weighted by atomic mass is 9.91. The molecule has 0 N–H and O–H groups in total. The first-order chi connectivity index (χ1) is 28.8. The molecule has 8 aromatic carbocycles. The van der Waals surface area contributed by atoms with Crippen LogP contribution >= 0.6 is 22.7 Å². The van der Waals surface area contributed by atoms with Crippen molar-refractivity contribution in [1.82, 2.24) is 9.13 Å². The van der Waals surface area contributed by atoms with E-state index >= 15 is 13.2 Å². The third-order valence-corrected chi connectivity index (χ3v) is 14.3.